The second-order valence-electron chi connectivity index (χ2n) is 4.75. The van der Waals surface area contributed by atoms with Gasteiger partial charge in [-0.05, 0) is 12.8 Å². The van der Waals surface area contributed by atoms with E-state index in [1.54, 1.807) is 0 Å². The largest absolute Gasteiger partial charge is 0.394 e. The Labute approximate surface area is 108 Å². The number of carbonyl (C=O) groups is 1. The van der Waals surface area contributed by atoms with Crippen molar-refractivity contribution >= 4 is 5.78 Å². The first-order valence-electron chi connectivity index (χ1n) is 6.66. The molecule has 0 aliphatic carbocycles. The minimum Gasteiger partial charge on any atom is -0.394 e. The second-order valence-corrected chi connectivity index (χ2v) is 4.75. The van der Waals surface area contributed by atoms with Crippen molar-refractivity contribution in [1.29, 1.82) is 0 Å². The highest BCUT2D eigenvalue weighted by Crippen LogP contribution is 2.25. The zero-order valence-electron chi connectivity index (χ0n) is 11.3. The van der Waals surface area contributed by atoms with Crippen LogP contribution in [0.5, 0.6) is 0 Å². The summed E-state index contributed by atoms with van der Waals surface area (Å²) in [5, 5.41) is 38.4. The third kappa shape index (κ3) is 4.65. The molecule has 0 aliphatic heterocycles. The lowest BCUT2D eigenvalue weighted by molar-refractivity contribution is -0.167. The number of aliphatic hydroxyl groups excluding tert-OH is 3. The van der Waals surface area contributed by atoms with Crippen LogP contribution in [0.3, 0.4) is 0 Å². The minimum atomic E-state index is -1.95. The highest BCUT2D eigenvalue weighted by Gasteiger charge is 2.44. The SMILES string of the molecule is CCCCC(=O)C(O)(CCCC)C(O)C(O)CO. The van der Waals surface area contributed by atoms with Crippen LogP contribution in [0.15, 0.2) is 0 Å². The summed E-state index contributed by atoms with van der Waals surface area (Å²) in [4.78, 5) is 12.0. The quantitative estimate of drug-likeness (QED) is 0.456. The monoisotopic (exact) mass is 262 g/mol. The number of aliphatic hydroxyl groups is 4. The summed E-state index contributed by atoms with van der Waals surface area (Å²) >= 11 is 0. The molecule has 5 nitrogen and oxygen atoms in total. The number of hydrogen-bond acceptors (Lipinski definition) is 5. The maximum Gasteiger partial charge on any atom is 0.167 e. The number of ketones is 1. The summed E-state index contributed by atoms with van der Waals surface area (Å²) in [6.07, 6.45) is -0.0787. The van der Waals surface area contributed by atoms with E-state index < -0.39 is 30.2 Å². The van der Waals surface area contributed by atoms with E-state index in [-0.39, 0.29) is 12.8 Å². The van der Waals surface area contributed by atoms with Gasteiger partial charge >= 0.3 is 0 Å². The van der Waals surface area contributed by atoms with Crippen LogP contribution in [0.4, 0.5) is 0 Å². The summed E-state index contributed by atoms with van der Waals surface area (Å²) in [5.41, 5.74) is -1.95. The fourth-order valence-electron chi connectivity index (χ4n) is 1.87. The predicted molar refractivity (Wildman–Crippen MR) is 68.1 cm³/mol. The van der Waals surface area contributed by atoms with E-state index in [2.05, 4.69) is 0 Å². The Balaban J connectivity index is 4.85. The van der Waals surface area contributed by atoms with Gasteiger partial charge in [-0.2, -0.15) is 0 Å². The van der Waals surface area contributed by atoms with Crippen LogP contribution in [-0.4, -0.2) is 50.6 Å². The van der Waals surface area contributed by atoms with Crippen molar-refractivity contribution in [1.82, 2.24) is 0 Å². The highest BCUT2D eigenvalue weighted by molar-refractivity contribution is 5.87. The summed E-state index contributed by atoms with van der Waals surface area (Å²) < 4.78 is 0. The predicted octanol–water partition coefficient (Wildman–Crippen LogP) is 0.381. The van der Waals surface area contributed by atoms with E-state index in [4.69, 9.17) is 5.11 Å². The molecule has 0 fully saturated rings. The Morgan fingerprint density at radius 3 is 2.17 bits per heavy atom. The van der Waals surface area contributed by atoms with Gasteiger partial charge in [0.15, 0.2) is 11.4 Å². The molecule has 0 bridgehead atoms. The zero-order valence-corrected chi connectivity index (χ0v) is 11.3. The Kier molecular flexibility index (Phi) is 8.35. The Hall–Kier alpha value is -0.490. The lowest BCUT2D eigenvalue weighted by Gasteiger charge is -2.34. The van der Waals surface area contributed by atoms with Crippen molar-refractivity contribution in [2.75, 3.05) is 6.61 Å². The standard InChI is InChI=1S/C13H26O5/c1-3-5-7-11(16)13(18,8-6-4-2)12(17)10(15)9-14/h10,12,14-15,17-18H,3-9H2,1-2H3. The maximum atomic E-state index is 12.0. The van der Waals surface area contributed by atoms with Gasteiger partial charge in [0.2, 0.25) is 0 Å². The number of Topliss-reactive ketones (excluding diaryl/α,β-unsaturated/α-hetero) is 1. The minimum absolute atomic E-state index is 0.101. The molecule has 0 spiro atoms. The van der Waals surface area contributed by atoms with Crippen molar-refractivity contribution in [3.8, 4) is 0 Å². The van der Waals surface area contributed by atoms with Crippen LogP contribution in [0, 0.1) is 0 Å². The Bertz CT molecular complexity index is 244. The van der Waals surface area contributed by atoms with Crippen LogP contribution < -0.4 is 0 Å². The van der Waals surface area contributed by atoms with E-state index >= 15 is 0 Å². The molecule has 18 heavy (non-hydrogen) atoms. The molecule has 3 unspecified atom stereocenters. The zero-order chi connectivity index (χ0) is 14.2. The number of rotatable bonds is 10. The Morgan fingerprint density at radius 2 is 1.72 bits per heavy atom. The molecule has 0 aliphatic rings. The summed E-state index contributed by atoms with van der Waals surface area (Å²) in [6, 6.07) is 0. The molecule has 0 saturated carbocycles. The van der Waals surface area contributed by atoms with Gasteiger partial charge in [-0.3, -0.25) is 4.79 Å². The first kappa shape index (κ1) is 17.5. The van der Waals surface area contributed by atoms with E-state index in [0.717, 1.165) is 12.8 Å². The molecule has 5 heteroatoms. The molecular formula is C13H26O5. The lowest BCUT2D eigenvalue weighted by atomic mass is 9.82. The topological polar surface area (TPSA) is 98.0 Å². The van der Waals surface area contributed by atoms with E-state index in [1.807, 2.05) is 13.8 Å². The van der Waals surface area contributed by atoms with E-state index in [1.165, 1.54) is 0 Å². The van der Waals surface area contributed by atoms with Gasteiger partial charge in [-0.25, -0.2) is 0 Å². The fourth-order valence-corrected chi connectivity index (χ4v) is 1.87. The molecule has 0 radical (unpaired) electrons. The second kappa shape index (κ2) is 8.58. The molecule has 0 rings (SSSR count). The van der Waals surface area contributed by atoms with Gasteiger partial charge < -0.3 is 20.4 Å². The average Bonchev–Trinajstić information content (AvgIpc) is 2.39. The molecule has 0 amide bonds. The fraction of sp³-hybridized carbons (Fsp3) is 0.923. The first-order valence-corrected chi connectivity index (χ1v) is 6.66. The summed E-state index contributed by atoms with van der Waals surface area (Å²) in [7, 11) is 0. The van der Waals surface area contributed by atoms with Gasteiger partial charge in [0.25, 0.3) is 0 Å². The van der Waals surface area contributed by atoms with Crippen molar-refractivity contribution in [3.63, 3.8) is 0 Å². The number of hydrogen-bond donors (Lipinski definition) is 4. The average molecular weight is 262 g/mol. The molecule has 0 aromatic heterocycles. The number of carbonyl (C=O) groups excluding carboxylic acids is 1. The molecular weight excluding hydrogens is 236 g/mol. The van der Waals surface area contributed by atoms with Crippen molar-refractivity contribution in [2.45, 2.75) is 70.2 Å². The summed E-state index contributed by atoms with van der Waals surface area (Å²) in [6.45, 7) is 3.15. The van der Waals surface area contributed by atoms with E-state index in [9.17, 15) is 20.1 Å². The number of unbranched alkanes of at least 4 members (excludes halogenated alkanes) is 2. The smallest absolute Gasteiger partial charge is 0.167 e. The molecule has 108 valence electrons. The summed E-state index contributed by atoms with van der Waals surface area (Å²) in [5.74, 6) is -0.460. The van der Waals surface area contributed by atoms with Gasteiger partial charge in [-0.15, -0.1) is 0 Å². The highest BCUT2D eigenvalue weighted by atomic mass is 16.4. The first-order chi connectivity index (χ1) is 8.43. The maximum absolute atomic E-state index is 12.0. The van der Waals surface area contributed by atoms with Crippen molar-refractivity contribution in [2.24, 2.45) is 0 Å². The molecule has 0 heterocycles. The molecule has 0 aromatic carbocycles. The van der Waals surface area contributed by atoms with Gasteiger partial charge in [0, 0.05) is 6.42 Å². The van der Waals surface area contributed by atoms with Crippen LogP contribution in [-0.2, 0) is 4.79 Å². The third-order valence-corrected chi connectivity index (χ3v) is 3.19. The van der Waals surface area contributed by atoms with Gasteiger partial charge in [0.1, 0.15) is 12.2 Å². The normalized spacial score (nSPS) is 18.1. The molecule has 3 atom stereocenters. The van der Waals surface area contributed by atoms with Crippen LogP contribution in [0.25, 0.3) is 0 Å². The van der Waals surface area contributed by atoms with Gasteiger partial charge in [-0.1, -0.05) is 33.1 Å². The third-order valence-electron chi connectivity index (χ3n) is 3.19. The molecule has 0 aromatic rings. The lowest BCUT2D eigenvalue weighted by Crippen LogP contribution is -2.55. The van der Waals surface area contributed by atoms with Crippen LogP contribution in [0.1, 0.15) is 52.4 Å². The van der Waals surface area contributed by atoms with Crippen LogP contribution in [0.2, 0.25) is 0 Å². The van der Waals surface area contributed by atoms with Gasteiger partial charge in [0.05, 0.1) is 6.61 Å². The molecule has 0 saturated heterocycles. The Morgan fingerprint density at radius 1 is 1.17 bits per heavy atom. The van der Waals surface area contributed by atoms with E-state index in [0.29, 0.717) is 12.8 Å². The molecule has 4 N–H and O–H groups in total. The van der Waals surface area contributed by atoms with Crippen LogP contribution >= 0.6 is 0 Å². The van der Waals surface area contributed by atoms with Crippen molar-refractivity contribution < 1.29 is 25.2 Å². The van der Waals surface area contributed by atoms with Crippen molar-refractivity contribution in [3.05, 3.63) is 0 Å².